The predicted octanol–water partition coefficient (Wildman–Crippen LogP) is 4.53. The molecule has 0 aliphatic heterocycles. The third-order valence-electron chi connectivity index (χ3n) is 3.71. The molecular weight excluding hydrogens is 308 g/mol. The van der Waals surface area contributed by atoms with E-state index in [1.165, 1.54) is 0 Å². The summed E-state index contributed by atoms with van der Waals surface area (Å²) in [7, 11) is 0. The van der Waals surface area contributed by atoms with Gasteiger partial charge >= 0.3 is 0 Å². The van der Waals surface area contributed by atoms with Crippen molar-refractivity contribution in [3.63, 3.8) is 0 Å². The Morgan fingerprint density at radius 3 is 2.35 bits per heavy atom. The summed E-state index contributed by atoms with van der Waals surface area (Å²) in [5, 5.41) is 8.80. The highest BCUT2D eigenvalue weighted by Gasteiger charge is 2.20. The van der Waals surface area contributed by atoms with Crippen LogP contribution in [0.1, 0.15) is 34.0 Å². The first-order chi connectivity index (χ1) is 11.2. The van der Waals surface area contributed by atoms with E-state index in [1.54, 1.807) is 6.20 Å². The molecule has 0 saturated carbocycles. The lowest BCUT2D eigenvalue weighted by Crippen LogP contribution is -2.11. The second-order valence-electron chi connectivity index (χ2n) is 5.25. The zero-order chi connectivity index (χ0) is 16.1. The summed E-state index contributed by atoms with van der Waals surface area (Å²) in [5.41, 5.74) is 2.48. The Morgan fingerprint density at radius 1 is 0.957 bits per heavy atom. The minimum Gasteiger partial charge on any atom is -0.294 e. The van der Waals surface area contributed by atoms with Crippen molar-refractivity contribution < 1.29 is 4.79 Å². The number of carbonyl (C=O) groups is 1. The summed E-state index contributed by atoms with van der Waals surface area (Å²) < 4.78 is 0. The number of nitrogens with zero attached hydrogens (tertiary/aromatic N) is 2. The molecule has 23 heavy (non-hydrogen) atoms. The quantitative estimate of drug-likeness (QED) is 0.648. The zero-order valence-corrected chi connectivity index (χ0v) is 13.1. The monoisotopic (exact) mass is 322 g/mol. The van der Waals surface area contributed by atoms with Crippen molar-refractivity contribution in [3.05, 3.63) is 94.8 Å². The van der Waals surface area contributed by atoms with Gasteiger partial charge in [0.25, 0.3) is 0 Å². The van der Waals surface area contributed by atoms with Crippen molar-refractivity contribution in [1.29, 1.82) is 0 Å². The fourth-order valence-electron chi connectivity index (χ4n) is 2.51. The Balaban J connectivity index is 1.93. The van der Waals surface area contributed by atoms with Gasteiger partial charge in [-0.25, -0.2) is 0 Å². The van der Waals surface area contributed by atoms with Gasteiger partial charge in [0.15, 0.2) is 5.78 Å². The Bertz CT molecular complexity index is 773. The summed E-state index contributed by atoms with van der Waals surface area (Å²) in [5.74, 6) is -0.0649. The maximum Gasteiger partial charge on any atom is 0.163 e. The van der Waals surface area contributed by atoms with Crippen molar-refractivity contribution in [2.75, 3.05) is 0 Å². The standard InChI is InChI=1S/C19H15ClN2O/c20-16-10-8-14(9-11-16)17(18-7-4-12-21-22-18)13-19(23)15-5-2-1-3-6-15/h1-12,17H,13H2. The number of hydrogen-bond acceptors (Lipinski definition) is 3. The van der Waals surface area contributed by atoms with Crippen LogP contribution in [0.3, 0.4) is 0 Å². The first kappa shape index (κ1) is 15.4. The van der Waals surface area contributed by atoms with E-state index in [2.05, 4.69) is 10.2 Å². The summed E-state index contributed by atoms with van der Waals surface area (Å²) in [6, 6.07) is 20.5. The maximum absolute atomic E-state index is 12.6. The summed E-state index contributed by atoms with van der Waals surface area (Å²) in [4.78, 5) is 12.6. The average Bonchev–Trinajstić information content (AvgIpc) is 2.62. The molecular formula is C19H15ClN2O. The van der Waals surface area contributed by atoms with E-state index < -0.39 is 0 Å². The normalized spacial score (nSPS) is 11.9. The zero-order valence-electron chi connectivity index (χ0n) is 12.4. The second kappa shape index (κ2) is 7.16. The lowest BCUT2D eigenvalue weighted by atomic mass is 9.89. The number of benzene rings is 2. The molecule has 0 radical (unpaired) electrons. The Morgan fingerprint density at radius 2 is 1.70 bits per heavy atom. The minimum atomic E-state index is -0.145. The highest BCUT2D eigenvalue weighted by molar-refractivity contribution is 6.30. The smallest absolute Gasteiger partial charge is 0.163 e. The molecule has 0 fully saturated rings. The molecule has 0 bridgehead atoms. The maximum atomic E-state index is 12.6. The van der Waals surface area contributed by atoms with Crippen molar-refractivity contribution >= 4 is 17.4 Å². The van der Waals surface area contributed by atoms with Crippen LogP contribution in [0.5, 0.6) is 0 Å². The van der Waals surface area contributed by atoms with Crippen LogP contribution < -0.4 is 0 Å². The molecule has 1 aromatic heterocycles. The fourth-order valence-corrected chi connectivity index (χ4v) is 2.64. The number of halogens is 1. The van der Waals surface area contributed by atoms with E-state index in [4.69, 9.17) is 11.6 Å². The molecule has 0 spiro atoms. The average molecular weight is 323 g/mol. The second-order valence-corrected chi connectivity index (χ2v) is 5.68. The number of Topliss-reactive ketones (excluding diaryl/α,β-unsaturated/α-hetero) is 1. The van der Waals surface area contributed by atoms with E-state index >= 15 is 0 Å². The highest BCUT2D eigenvalue weighted by atomic mass is 35.5. The molecule has 4 heteroatoms. The summed E-state index contributed by atoms with van der Waals surface area (Å²) in [6.07, 6.45) is 1.96. The Labute approximate surface area is 140 Å². The first-order valence-corrected chi connectivity index (χ1v) is 7.73. The number of aromatic nitrogens is 2. The molecule has 1 heterocycles. The van der Waals surface area contributed by atoms with E-state index in [-0.39, 0.29) is 11.7 Å². The van der Waals surface area contributed by atoms with Gasteiger partial charge < -0.3 is 0 Å². The van der Waals surface area contributed by atoms with Crippen LogP contribution in [-0.2, 0) is 0 Å². The molecule has 0 amide bonds. The minimum absolute atomic E-state index is 0.0798. The van der Waals surface area contributed by atoms with Crippen molar-refractivity contribution in [2.24, 2.45) is 0 Å². The molecule has 0 saturated heterocycles. The number of hydrogen-bond donors (Lipinski definition) is 0. The van der Waals surface area contributed by atoms with Crippen LogP contribution in [0, 0.1) is 0 Å². The number of carbonyl (C=O) groups excluding carboxylic acids is 1. The molecule has 0 aliphatic carbocycles. The van der Waals surface area contributed by atoms with Crippen molar-refractivity contribution in [3.8, 4) is 0 Å². The molecule has 0 N–H and O–H groups in total. The Kier molecular flexibility index (Phi) is 4.79. The molecule has 1 unspecified atom stereocenters. The van der Waals surface area contributed by atoms with Gasteiger partial charge in [-0.15, -0.1) is 0 Å². The van der Waals surface area contributed by atoms with E-state index in [0.29, 0.717) is 17.0 Å². The summed E-state index contributed by atoms with van der Waals surface area (Å²) in [6.45, 7) is 0. The van der Waals surface area contributed by atoms with E-state index in [1.807, 2.05) is 66.7 Å². The Hall–Kier alpha value is -2.52. The van der Waals surface area contributed by atoms with Crippen LogP contribution in [0.15, 0.2) is 72.9 Å². The van der Waals surface area contributed by atoms with Crippen LogP contribution in [0.25, 0.3) is 0 Å². The van der Waals surface area contributed by atoms with Gasteiger partial charge in [0.1, 0.15) is 0 Å². The van der Waals surface area contributed by atoms with Crippen molar-refractivity contribution in [2.45, 2.75) is 12.3 Å². The SMILES string of the molecule is O=C(CC(c1ccc(Cl)cc1)c1cccnn1)c1ccccc1. The lowest BCUT2D eigenvalue weighted by Gasteiger charge is -2.16. The van der Waals surface area contributed by atoms with Crippen molar-refractivity contribution in [1.82, 2.24) is 10.2 Å². The largest absolute Gasteiger partial charge is 0.294 e. The third-order valence-corrected chi connectivity index (χ3v) is 3.96. The topological polar surface area (TPSA) is 42.9 Å². The molecule has 1 atom stereocenters. The molecule has 3 aromatic rings. The molecule has 114 valence electrons. The van der Waals surface area contributed by atoms with Gasteiger partial charge in [-0.05, 0) is 29.8 Å². The number of rotatable bonds is 5. The predicted molar refractivity (Wildman–Crippen MR) is 90.7 cm³/mol. The fraction of sp³-hybridized carbons (Fsp3) is 0.105. The lowest BCUT2D eigenvalue weighted by molar-refractivity contribution is 0.0977. The third kappa shape index (κ3) is 3.82. The van der Waals surface area contributed by atoms with Gasteiger partial charge in [-0.2, -0.15) is 10.2 Å². The number of ketones is 1. The first-order valence-electron chi connectivity index (χ1n) is 7.35. The van der Waals surface area contributed by atoms with Crippen LogP contribution in [-0.4, -0.2) is 16.0 Å². The summed E-state index contributed by atoms with van der Waals surface area (Å²) >= 11 is 5.97. The van der Waals surface area contributed by atoms with Crippen LogP contribution in [0.4, 0.5) is 0 Å². The molecule has 3 rings (SSSR count). The van der Waals surface area contributed by atoms with Gasteiger partial charge in [0.05, 0.1) is 5.69 Å². The van der Waals surface area contributed by atoms with Gasteiger partial charge in [0.2, 0.25) is 0 Å². The van der Waals surface area contributed by atoms with E-state index in [0.717, 1.165) is 11.3 Å². The van der Waals surface area contributed by atoms with E-state index in [9.17, 15) is 4.79 Å². The molecule has 3 nitrogen and oxygen atoms in total. The molecule has 2 aromatic carbocycles. The van der Waals surface area contributed by atoms with Crippen LogP contribution >= 0.6 is 11.6 Å². The van der Waals surface area contributed by atoms with Crippen LogP contribution in [0.2, 0.25) is 5.02 Å². The molecule has 0 aliphatic rings. The van der Waals surface area contributed by atoms with Gasteiger partial charge in [-0.3, -0.25) is 4.79 Å². The highest BCUT2D eigenvalue weighted by Crippen LogP contribution is 2.28. The van der Waals surface area contributed by atoms with Gasteiger partial charge in [0, 0.05) is 29.1 Å². The van der Waals surface area contributed by atoms with Gasteiger partial charge in [-0.1, -0.05) is 54.1 Å².